The van der Waals surface area contributed by atoms with Gasteiger partial charge in [-0.3, -0.25) is 4.79 Å². The van der Waals surface area contributed by atoms with E-state index in [2.05, 4.69) is 74.2 Å². The number of pyridine rings is 1. The highest BCUT2D eigenvalue weighted by molar-refractivity contribution is 5.82. The zero-order chi connectivity index (χ0) is 25.2. The zero-order valence-corrected chi connectivity index (χ0v) is 20.3. The van der Waals surface area contributed by atoms with Gasteiger partial charge in [-0.2, -0.15) is 0 Å². The number of amides is 1. The van der Waals surface area contributed by atoms with Crippen LogP contribution in [0.25, 0.3) is 11.2 Å². The van der Waals surface area contributed by atoms with Crippen LogP contribution in [0.4, 0.5) is 5.82 Å². The van der Waals surface area contributed by atoms with Crippen LogP contribution in [0.3, 0.4) is 0 Å². The lowest BCUT2D eigenvalue weighted by atomic mass is 9.76. The molecule has 0 spiro atoms. The van der Waals surface area contributed by atoms with Crippen molar-refractivity contribution in [2.24, 2.45) is 0 Å². The molecule has 37 heavy (non-hydrogen) atoms. The molecule has 1 aliphatic rings. The number of aromatic amines is 1. The van der Waals surface area contributed by atoms with Crippen molar-refractivity contribution in [2.45, 2.75) is 37.1 Å². The maximum absolute atomic E-state index is 13.6. The maximum Gasteiger partial charge on any atom is 0.221 e. The molecule has 7 nitrogen and oxygen atoms in total. The summed E-state index contributed by atoms with van der Waals surface area (Å²) >= 11 is 0. The SMILES string of the molecule is Nc1cc(C(CC(=O)NC2CCC(c3ccccc3)c3ccccc32)c2ccccc2)c2nn[nH]c2n1. The van der Waals surface area contributed by atoms with Gasteiger partial charge in [0.05, 0.1) is 6.04 Å². The second kappa shape index (κ2) is 9.85. The lowest BCUT2D eigenvalue weighted by molar-refractivity contribution is -0.122. The summed E-state index contributed by atoms with van der Waals surface area (Å²) in [6, 6.07) is 30.8. The Labute approximate surface area is 215 Å². The Morgan fingerprint density at radius 3 is 2.43 bits per heavy atom. The van der Waals surface area contributed by atoms with Crippen molar-refractivity contribution >= 4 is 22.9 Å². The van der Waals surface area contributed by atoms with Crippen LogP contribution in [0, 0.1) is 0 Å². The number of aromatic nitrogens is 4. The number of anilines is 1. The summed E-state index contributed by atoms with van der Waals surface area (Å²) in [6.45, 7) is 0. The van der Waals surface area contributed by atoms with Crippen LogP contribution < -0.4 is 11.1 Å². The van der Waals surface area contributed by atoms with E-state index in [-0.39, 0.29) is 24.3 Å². The van der Waals surface area contributed by atoms with Gasteiger partial charge in [0.2, 0.25) is 5.91 Å². The van der Waals surface area contributed by atoms with Crippen molar-refractivity contribution in [1.82, 2.24) is 25.7 Å². The van der Waals surface area contributed by atoms with Crippen LogP contribution in [-0.2, 0) is 4.79 Å². The molecule has 0 saturated heterocycles. The van der Waals surface area contributed by atoms with Gasteiger partial charge in [-0.05, 0) is 46.7 Å². The first-order valence-electron chi connectivity index (χ1n) is 12.6. The Morgan fingerprint density at radius 1 is 0.946 bits per heavy atom. The molecule has 2 heterocycles. The average molecular weight is 489 g/mol. The number of hydrogen-bond donors (Lipinski definition) is 3. The second-order valence-electron chi connectivity index (χ2n) is 9.60. The first kappa shape index (κ1) is 22.9. The third kappa shape index (κ3) is 4.56. The van der Waals surface area contributed by atoms with Crippen LogP contribution in [0.15, 0.2) is 91.0 Å². The summed E-state index contributed by atoms with van der Waals surface area (Å²) in [5.41, 5.74) is 12.9. The summed E-state index contributed by atoms with van der Waals surface area (Å²) < 4.78 is 0. The van der Waals surface area contributed by atoms with E-state index in [0.717, 1.165) is 24.0 Å². The Kier molecular flexibility index (Phi) is 6.10. The third-order valence-corrected chi connectivity index (χ3v) is 7.34. The third-order valence-electron chi connectivity index (χ3n) is 7.34. The van der Waals surface area contributed by atoms with Crippen LogP contribution in [0.1, 0.15) is 65.0 Å². The van der Waals surface area contributed by atoms with E-state index in [4.69, 9.17) is 5.73 Å². The summed E-state index contributed by atoms with van der Waals surface area (Å²) in [5.74, 6) is 0.444. The van der Waals surface area contributed by atoms with E-state index in [0.29, 0.717) is 22.9 Å². The first-order chi connectivity index (χ1) is 18.2. The van der Waals surface area contributed by atoms with Gasteiger partial charge in [-0.25, -0.2) is 10.1 Å². The van der Waals surface area contributed by atoms with Gasteiger partial charge >= 0.3 is 0 Å². The molecule has 7 heteroatoms. The van der Waals surface area contributed by atoms with Crippen LogP contribution >= 0.6 is 0 Å². The van der Waals surface area contributed by atoms with E-state index in [9.17, 15) is 4.79 Å². The molecule has 3 unspecified atom stereocenters. The standard InChI is InChI=1S/C30H28N6O/c31-27-17-25(29-30(33-27)35-36-34-29)24(20-11-5-2-6-12-20)18-28(37)32-26-16-15-21(19-9-3-1-4-10-19)22-13-7-8-14-23(22)26/h1-14,17,21,24,26H,15-16,18H2,(H,32,37)(H3,31,33,34,35,36). The minimum atomic E-state index is -0.241. The number of nitrogen functional groups attached to an aromatic ring is 1. The lowest BCUT2D eigenvalue weighted by Gasteiger charge is -2.33. The number of fused-ring (bicyclic) bond motifs is 2. The average Bonchev–Trinajstić information content (AvgIpc) is 3.41. The van der Waals surface area contributed by atoms with Gasteiger partial charge in [0.1, 0.15) is 11.3 Å². The fourth-order valence-electron chi connectivity index (χ4n) is 5.65. The van der Waals surface area contributed by atoms with Crippen LogP contribution in [-0.4, -0.2) is 26.3 Å². The smallest absolute Gasteiger partial charge is 0.221 e. The van der Waals surface area contributed by atoms with Gasteiger partial charge in [0.25, 0.3) is 0 Å². The Morgan fingerprint density at radius 2 is 1.65 bits per heavy atom. The fraction of sp³-hybridized carbons (Fsp3) is 0.200. The molecular formula is C30H28N6O. The lowest BCUT2D eigenvalue weighted by Crippen LogP contribution is -2.33. The van der Waals surface area contributed by atoms with Crippen molar-refractivity contribution in [2.75, 3.05) is 5.73 Å². The van der Waals surface area contributed by atoms with Crippen molar-refractivity contribution in [3.8, 4) is 0 Å². The van der Waals surface area contributed by atoms with E-state index in [1.165, 1.54) is 16.7 Å². The number of nitrogens with zero attached hydrogens (tertiary/aromatic N) is 3. The van der Waals surface area contributed by atoms with Crippen LogP contribution in [0.2, 0.25) is 0 Å². The minimum absolute atomic E-state index is 0.0150. The first-order valence-corrected chi connectivity index (χ1v) is 12.6. The normalized spacial score (nSPS) is 17.7. The topological polar surface area (TPSA) is 110 Å². The van der Waals surface area contributed by atoms with Gasteiger partial charge in [-0.15, -0.1) is 5.10 Å². The second-order valence-corrected chi connectivity index (χ2v) is 9.60. The summed E-state index contributed by atoms with van der Waals surface area (Å²) in [6.07, 6.45) is 2.12. The van der Waals surface area contributed by atoms with E-state index < -0.39 is 0 Å². The quantitative estimate of drug-likeness (QED) is 0.303. The van der Waals surface area contributed by atoms with Gasteiger partial charge in [0.15, 0.2) is 5.65 Å². The molecule has 1 amide bonds. The predicted octanol–water partition coefficient (Wildman–Crippen LogP) is 5.24. The highest BCUT2D eigenvalue weighted by atomic mass is 16.1. The number of carbonyl (C=O) groups excluding carboxylic acids is 1. The number of hydrogen-bond acceptors (Lipinski definition) is 5. The molecule has 0 fully saturated rings. The van der Waals surface area contributed by atoms with Crippen molar-refractivity contribution in [3.05, 3.63) is 119 Å². The molecule has 184 valence electrons. The van der Waals surface area contributed by atoms with E-state index in [1.54, 1.807) is 6.07 Å². The molecule has 5 aromatic rings. The zero-order valence-electron chi connectivity index (χ0n) is 20.3. The monoisotopic (exact) mass is 488 g/mol. The number of H-pyrrole nitrogens is 1. The number of nitrogens with one attached hydrogen (secondary N) is 2. The molecule has 0 aliphatic heterocycles. The molecule has 3 aromatic carbocycles. The van der Waals surface area contributed by atoms with Gasteiger partial charge < -0.3 is 11.1 Å². The highest BCUT2D eigenvalue weighted by Gasteiger charge is 2.30. The molecule has 4 N–H and O–H groups in total. The van der Waals surface area contributed by atoms with Crippen molar-refractivity contribution in [1.29, 1.82) is 0 Å². The summed E-state index contributed by atoms with van der Waals surface area (Å²) in [5, 5.41) is 14.3. The van der Waals surface area contributed by atoms with E-state index in [1.807, 2.05) is 36.4 Å². The molecule has 0 bridgehead atoms. The number of carbonyl (C=O) groups is 1. The van der Waals surface area contributed by atoms with Gasteiger partial charge in [-0.1, -0.05) is 90.1 Å². The fourth-order valence-corrected chi connectivity index (χ4v) is 5.65. The number of nitrogens with two attached hydrogens (primary N) is 1. The molecule has 1 aliphatic carbocycles. The molecule has 0 radical (unpaired) electrons. The Hall–Kier alpha value is -4.52. The van der Waals surface area contributed by atoms with Crippen molar-refractivity contribution < 1.29 is 4.79 Å². The molecule has 2 aromatic heterocycles. The largest absolute Gasteiger partial charge is 0.384 e. The Balaban J connectivity index is 1.29. The molecule has 3 atom stereocenters. The molecule has 0 saturated carbocycles. The summed E-state index contributed by atoms with van der Waals surface area (Å²) in [7, 11) is 0. The Bertz CT molecular complexity index is 1530. The predicted molar refractivity (Wildman–Crippen MR) is 144 cm³/mol. The number of rotatable bonds is 6. The van der Waals surface area contributed by atoms with Gasteiger partial charge in [0, 0.05) is 18.3 Å². The van der Waals surface area contributed by atoms with E-state index >= 15 is 0 Å². The minimum Gasteiger partial charge on any atom is -0.384 e. The molecular weight excluding hydrogens is 460 g/mol. The maximum atomic E-state index is 13.6. The molecule has 6 rings (SSSR count). The highest BCUT2D eigenvalue weighted by Crippen LogP contribution is 2.41. The van der Waals surface area contributed by atoms with Crippen LogP contribution in [0.5, 0.6) is 0 Å². The number of benzene rings is 3. The van der Waals surface area contributed by atoms with Crippen molar-refractivity contribution in [3.63, 3.8) is 0 Å². The summed E-state index contributed by atoms with van der Waals surface area (Å²) in [4.78, 5) is 17.9.